The van der Waals surface area contributed by atoms with E-state index < -0.39 is 0 Å². The summed E-state index contributed by atoms with van der Waals surface area (Å²) in [5, 5.41) is 10.5. The minimum atomic E-state index is -0.371. The Kier molecular flexibility index (Phi) is 5.92. The lowest BCUT2D eigenvalue weighted by molar-refractivity contribution is -0.129. The van der Waals surface area contributed by atoms with Gasteiger partial charge in [-0.25, -0.2) is 4.79 Å². The molecule has 132 valence electrons. The topological polar surface area (TPSA) is 52.1 Å². The summed E-state index contributed by atoms with van der Waals surface area (Å²) < 4.78 is 5.21. The summed E-state index contributed by atoms with van der Waals surface area (Å²) in [7, 11) is 0. The summed E-state index contributed by atoms with van der Waals surface area (Å²) in [6.45, 7) is 3.92. The van der Waals surface area contributed by atoms with Gasteiger partial charge in [0, 0.05) is 18.1 Å². The van der Waals surface area contributed by atoms with Crippen LogP contribution in [-0.4, -0.2) is 16.2 Å². The van der Waals surface area contributed by atoms with Gasteiger partial charge in [-0.05, 0) is 36.6 Å². The Bertz CT molecular complexity index is 897. The highest BCUT2D eigenvalue weighted by Gasteiger charge is 2.07. The van der Waals surface area contributed by atoms with Gasteiger partial charge in [-0.1, -0.05) is 60.7 Å². The van der Waals surface area contributed by atoms with Crippen LogP contribution in [0.5, 0.6) is 5.75 Å². The van der Waals surface area contributed by atoms with Gasteiger partial charge in [0.2, 0.25) is 0 Å². The maximum atomic E-state index is 11.5. The number of rotatable bonds is 6. The third-order valence-corrected chi connectivity index (χ3v) is 4.80. The lowest BCUT2D eigenvalue weighted by Gasteiger charge is -2.05. The van der Waals surface area contributed by atoms with Gasteiger partial charge >= 0.3 is 5.97 Å². The third kappa shape index (κ3) is 4.43. The number of aromatic nitrogens is 2. The quantitative estimate of drug-likeness (QED) is 0.338. The van der Waals surface area contributed by atoms with Gasteiger partial charge in [0.05, 0.1) is 0 Å². The first-order chi connectivity index (χ1) is 12.7. The summed E-state index contributed by atoms with van der Waals surface area (Å²) in [6.07, 6.45) is 5.10. The molecule has 0 atom stereocenters. The summed E-state index contributed by atoms with van der Waals surface area (Å²) >= 11 is 1.65. The highest BCUT2D eigenvalue weighted by atomic mass is 32.1. The fourth-order valence-corrected chi connectivity index (χ4v) is 3.44. The molecule has 0 unspecified atom stereocenters. The smallest absolute Gasteiger partial charge is 0.335 e. The fraction of sp³-hybridized carbons (Fsp3) is 0.190. The number of carbonyl (C=O) groups excluding carboxylic acids is 1. The van der Waals surface area contributed by atoms with E-state index in [9.17, 15) is 4.79 Å². The molecule has 26 heavy (non-hydrogen) atoms. The van der Waals surface area contributed by atoms with Crippen molar-refractivity contribution in [2.24, 2.45) is 0 Å². The number of benzene rings is 2. The molecule has 0 aliphatic heterocycles. The summed E-state index contributed by atoms with van der Waals surface area (Å²) in [4.78, 5) is 11.5. The van der Waals surface area contributed by atoms with Crippen LogP contribution in [0.4, 0.5) is 0 Å². The minimum Gasteiger partial charge on any atom is -0.423 e. The number of hydrogen-bond donors (Lipinski definition) is 0. The number of ether oxygens (including phenoxy) is 1. The van der Waals surface area contributed by atoms with Gasteiger partial charge in [-0.3, -0.25) is 0 Å². The average Bonchev–Trinajstić information content (AvgIpc) is 3.12. The second-order valence-corrected chi connectivity index (χ2v) is 6.84. The van der Waals surface area contributed by atoms with Crippen molar-refractivity contribution in [3.8, 4) is 27.4 Å². The minimum absolute atomic E-state index is 0.371. The van der Waals surface area contributed by atoms with Crippen molar-refractivity contribution < 1.29 is 9.53 Å². The second-order valence-electron chi connectivity index (χ2n) is 5.77. The Morgan fingerprint density at radius 2 is 1.62 bits per heavy atom. The van der Waals surface area contributed by atoms with E-state index in [1.165, 1.54) is 6.08 Å². The van der Waals surface area contributed by atoms with E-state index >= 15 is 0 Å². The Balaban J connectivity index is 1.72. The van der Waals surface area contributed by atoms with E-state index in [1.807, 2.05) is 12.1 Å². The molecule has 2 aromatic carbocycles. The summed E-state index contributed by atoms with van der Waals surface area (Å²) in [5.74, 6) is 0.162. The average molecular weight is 364 g/mol. The van der Waals surface area contributed by atoms with Crippen molar-refractivity contribution in [2.45, 2.75) is 26.7 Å². The molecular formula is C21H20N2O2S. The van der Waals surface area contributed by atoms with Crippen molar-refractivity contribution in [3.63, 3.8) is 0 Å². The maximum Gasteiger partial charge on any atom is 0.335 e. The van der Waals surface area contributed by atoms with E-state index in [0.29, 0.717) is 5.75 Å². The van der Waals surface area contributed by atoms with Gasteiger partial charge in [-0.2, -0.15) is 0 Å². The second kappa shape index (κ2) is 8.54. The number of nitrogens with zero attached hydrogens (tertiary/aromatic N) is 2. The molecule has 0 bridgehead atoms. The highest BCUT2D eigenvalue weighted by molar-refractivity contribution is 7.14. The van der Waals surface area contributed by atoms with Crippen LogP contribution < -0.4 is 4.74 Å². The molecule has 3 aromatic rings. The van der Waals surface area contributed by atoms with E-state index in [1.54, 1.807) is 36.5 Å². The van der Waals surface area contributed by atoms with Crippen molar-refractivity contribution >= 4 is 17.3 Å². The molecule has 0 aliphatic rings. The zero-order valence-corrected chi connectivity index (χ0v) is 15.6. The largest absolute Gasteiger partial charge is 0.423 e. The van der Waals surface area contributed by atoms with Crippen LogP contribution >= 0.6 is 11.3 Å². The highest BCUT2D eigenvalue weighted by Crippen LogP contribution is 2.28. The Morgan fingerprint density at radius 3 is 2.23 bits per heavy atom. The van der Waals surface area contributed by atoms with Crippen molar-refractivity contribution in [1.29, 1.82) is 0 Å². The molecule has 0 spiro atoms. The molecule has 1 heterocycles. The van der Waals surface area contributed by atoms with Crippen LogP contribution in [-0.2, 0) is 11.2 Å². The molecule has 5 heteroatoms. The number of carbonyl (C=O) groups is 1. The Morgan fingerprint density at radius 1 is 1.00 bits per heavy atom. The van der Waals surface area contributed by atoms with Crippen molar-refractivity contribution in [1.82, 2.24) is 10.2 Å². The number of aryl methyl sites for hydroxylation is 1. The third-order valence-electron chi connectivity index (χ3n) is 3.77. The van der Waals surface area contributed by atoms with Crippen LogP contribution in [0.25, 0.3) is 21.7 Å². The van der Waals surface area contributed by atoms with Gasteiger partial charge in [0.1, 0.15) is 15.8 Å². The summed E-state index contributed by atoms with van der Waals surface area (Å²) in [5.41, 5.74) is 3.23. The zero-order valence-electron chi connectivity index (χ0n) is 14.8. The standard InChI is InChI=1S/C21H20N2O2S/c1-3-5-19-22-23-21(26-19)17-9-7-15(8-10-17)16-11-13-18(14-12-16)25-20(24)6-4-2/h4,6-14H,3,5H2,1-2H3. The Labute approximate surface area is 157 Å². The van der Waals surface area contributed by atoms with E-state index in [0.717, 1.165) is 39.5 Å². The number of allylic oxidation sites excluding steroid dienone is 1. The van der Waals surface area contributed by atoms with Gasteiger partial charge < -0.3 is 4.74 Å². The monoisotopic (exact) mass is 364 g/mol. The molecule has 0 saturated carbocycles. The van der Waals surface area contributed by atoms with Crippen LogP contribution in [0.15, 0.2) is 60.7 Å². The van der Waals surface area contributed by atoms with Crippen LogP contribution in [0.2, 0.25) is 0 Å². The van der Waals surface area contributed by atoms with Gasteiger partial charge in [-0.15, -0.1) is 10.2 Å². The van der Waals surface area contributed by atoms with Gasteiger partial charge in [0.15, 0.2) is 0 Å². The molecule has 0 saturated heterocycles. The van der Waals surface area contributed by atoms with E-state index in [-0.39, 0.29) is 5.97 Å². The lowest BCUT2D eigenvalue weighted by Crippen LogP contribution is -2.03. The molecule has 0 amide bonds. The SMILES string of the molecule is CC=CC(=O)Oc1ccc(-c2ccc(-c3nnc(CCC)s3)cc2)cc1. The number of hydrogen-bond acceptors (Lipinski definition) is 5. The van der Waals surface area contributed by atoms with Crippen molar-refractivity contribution in [3.05, 3.63) is 65.7 Å². The van der Waals surface area contributed by atoms with Crippen LogP contribution in [0.3, 0.4) is 0 Å². The van der Waals surface area contributed by atoms with Crippen molar-refractivity contribution in [2.75, 3.05) is 0 Å². The molecule has 3 rings (SSSR count). The normalized spacial score (nSPS) is 11.0. The maximum absolute atomic E-state index is 11.5. The zero-order chi connectivity index (χ0) is 18.4. The Hall–Kier alpha value is -2.79. The van der Waals surface area contributed by atoms with Crippen LogP contribution in [0, 0.1) is 0 Å². The predicted molar refractivity (Wildman–Crippen MR) is 105 cm³/mol. The fourth-order valence-electron chi connectivity index (χ4n) is 2.49. The summed E-state index contributed by atoms with van der Waals surface area (Å²) in [6, 6.07) is 15.7. The first-order valence-corrected chi connectivity index (χ1v) is 9.39. The molecule has 0 aliphatic carbocycles. The number of esters is 1. The first-order valence-electron chi connectivity index (χ1n) is 8.57. The van der Waals surface area contributed by atoms with Crippen LogP contribution in [0.1, 0.15) is 25.3 Å². The molecule has 1 aromatic heterocycles. The first kappa shape index (κ1) is 18.0. The molecule has 0 radical (unpaired) electrons. The molecule has 4 nitrogen and oxygen atoms in total. The van der Waals surface area contributed by atoms with E-state index in [4.69, 9.17) is 4.74 Å². The predicted octanol–water partition coefficient (Wildman–Crippen LogP) is 5.31. The lowest BCUT2D eigenvalue weighted by atomic mass is 10.0. The molecule has 0 fully saturated rings. The molecular weight excluding hydrogens is 344 g/mol. The molecule has 0 N–H and O–H groups in total. The van der Waals surface area contributed by atoms with Gasteiger partial charge in [0.25, 0.3) is 0 Å². The van der Waals surface area contributed by atoms with E-state index in [2.05, 4.69) is 41.4 Å².